The number of pyridine rings is 1. The molecule has 0 N–H and O–H groups in total. The molecule has 3 heteroatoms. The van der Waals surface area contributed by atoms with Crippen molar-refractivity contribution in [3.63, 3.8) is 0 Å². The van der Waals surface area contributed by atoms with Gasteiger partial charge in [0, 0.05) is 6.20 Å². The fourth-order valence-electron chi connectivity index (χ4n) is 0.371. The summed E-state index contributed by atoms with van der Waals surface area (Å²) in [7, 11) is 0. The van der Waals surface area contributed by atoms with Gasteiger partial charge in [0.1, 0.15) is 0 Å². The van der Waals surface area contributed by atoms with Gasteiger partial charge >= 0.3 is 0 Å². The first-order chi connectivity index (χ1) is 3.80. The summed E-state index contributed by atoms with van der Waals surface area (Å²) in [4.78, 5) is 3.48. The first-order valence-electron chi connectivity index (χ1n) is 2.08. The van der Waals surface area contributed by atoms with Crippen molar-refractivity contribution in [3.8, 4) is 5.88 Å². The van der Waals surface area contributed by atoms with Crippen LogP contribution in [0.2, 0.25) is 0 Å². The minimum absolute atomic E-state index is 0.215. The highest BCUT2D eigenvalue weighted by molar-refractivity contribution is 9.10. The zero-order valence-electron chi connectivity index (χ0n) is 3.97. The van der Waals surface area contributed by atoms with Crippen LogP contribution >= 0.6 is 15.9 Å². The summed E-state index contributed by atoms with van der Waals surface area (Å²) in [5.74, 6) is -0.215. The second kappa shape index (κ2) is 2.13. The molecule has 0 fully saturated rings. The van der Waals surface area contributed by atoms with Gasteiger partial charge in [0.2, 0.25) is 0 Å². The molecule has 0 aromatic carbocycles. The van der Waals surface area contributed by atoms with Gasteiger partial charge in [-0.3, -0.25) is 5.11 Å². The fraction of sp³-hybridized carbons (Fsp3) is 0. The Labute approximate surface area is 55.3 Å². The van der Waals surface area contributed by atoms with Crippen molar-refractivity contribution in [1.82, 2.24) is 4.98 Å². The van der Waals surface area contributed by atoms with Crippen molar-refractivity contribution >= 4 is 15.9 Å². The molecule has 2 nitrogen and oxygen atoms in total. The normalized spacial score (nSPS) is 9.12. The standard InChI is InChI=1S/C5H3BrNO/c6-4-2-1-3-7-5(4)8/h1-3H. The quantitative estimate of drug-likeness (QED) is 0.590. The van der Waals surface area contributed by atoms with Gasteiger partial charge in [-0.1, -0.05) is 0 Å². The van der Waals surface area contributed by atoms with Crippen LogP contribution in [0.1, 0.15) is 0 Å². The van der Waals surface area contributed by atoms with Crippen LogP contribution in [0.15, 0.2) is 22.8 Å². The highest BCUT2D eigenvalue weighted by Crippen LogP contribution is 2.18. The third kappa shape index (κ3) is 0.980. The molecule has 1 aromatic heterocycles. The highest BCUT2D eigenvalue weighted by Gasteiger charge is 1.94. The van der Waals surface area contributed by atoms with E-state index in [9.17, 15) is 5.11 Å². The van der Waals surface area contributed by atoms with Crippen LogP contribution in [-0.2, 0) is 5.11 Å². The van der Waals surface area contributed by atoms with Crippen molar-refractivity contribution in [3.05, 3.63) is 22.8 Å². The first-order valence-corrected chi connectivity index (χ1v) is 2.87. The second-order valence-electron chi connectivity index (χ2n) is 1.29. The molecule has 0 aliphatic rings. The number of halogens is 1. The predicted octanol–water partition coefficient (Wildman–Crippen LogP) is 1.99. The summed E-state index contributed by atoms with van der Waals surface area (Å²) >= 11 is 3.02. The molecule has 0 saturated heterocycles. The summed E-state index contributed by atoms with van der Waals surface area (Å²) in [6, 6.07) is 3.36. The molecule has 1 aromatic rings. The van der Waals surface area contributed by atoms with Gasteiger partial charge < -0.3 is 0 Å². The number of rotatable bonds is 0. The van der Waals surface area contributed by atoms with Gasteiger partial charge in [-0.05, 0) is 28.1 Å². The van der Waals surface area contributed by atoms with Gasteiger partial charge in [-0.2, -0.15) is 0 Å². The topological polar surface area (TPSA) is 32.8 Å². The summed E-state index contributed by atoms with van der Waals surface area (Å²) in [6.07, 6.45) is 1.47. The smallest absolute Gasteiger partial charge is 0.266 e. The van der Waals surface area contributed by atoms with E-state index in [-0.39, 0.29) is 5.88 Å². The Bertz CT molecular complexity index is 169. The summed E-state index contributed by atoms with van der Waals surface area (Å²) in [5, 5.41) is 10.5. The molecule has 0 bridgehead atoms. The molecule has 8 heavy (non-hydrogen) atoms. The van der Waals surface area contributed by atoms with Crippen molar-refractivity contribution in [2.45, 2.75) is 0 Å². The Kier molecular flexibility index (Phi) is 1.48. The molecule has 1 radical (unpaired) electrons. The number of hydrogen-bond acceptors (Lipinski definition) is 1. The van der Waals surface area contributed by atoms with Crippen LogP contribution in [0.25, 0.3) is 0 Å². The van der Waals surface area contributed by atoms with E-state index < -0.39 is 0 Å². The zero-order valence-corrected chi connectivity index (χ0v) is 5.55. The average molecular weight is 173 g/mol. The molecule has 0 saturated carbocycles. The Morgan fingerprint density at radius 3 is 2.75 bits per heavy atom. The molecular weight excluding hydrogens is 170 g/mol. The number of aromatic nitrogens is 1. The van der Waals surface area contributed by atoms with Crippen LogP contribution < -0.4 is 0 Å². The first kappa shape index (κ1) is 5.56. The van der Waals surface area contributed by atoms with E-state index in [0.717, 1.165) is 0 Å². The minimum Gasteiger partial charge on any atom is -0.266 e. The third-order valence-corrected chi connectivity index (χ3v) is 1.33. The zero-order chi connectivity index (χ0) is 5.98. The van der Waals surface area contributed by atoms with Crippen molar-refractivity contribution < 1.29 is 5.11 Å². The maximum absolute atomic E-state index is 10.5. The van der Waals surface area contributed by atoms with Gasteiger partial charge in [0.25, 0.3) is 5.88 Å². The van der Waals surface area contributed by atoms with Gasteiger partial charge in [0.05, 0.1) is 4.47 Å². The van der Waals surface area contributed by atoms with Gasteiger partial charge in [-0.25, -0.2) is 4.98 Å². The van der Waals surface area contributed by atoms with Crippen LogP contribution in [0.5, 0.6) is 5.88 Å². The average Bonchev–Trinajstić information content (AvgIpc) is 1.77. The van der Waals surface area contributed by atoms with Crippen LogP contribution in [-0.4, -0.2) is 4.98 Å². The van der Waals surface area contributed by atoms with Gasteiger partial charge in [-0.15, -0.1) is 0 Å². The fourth-order valence-corrected chi connectivity index (χ4v) is 0.626. The van der Waals surface area contributed by atoms with E-state index >= 15 is 0 Å². The Morgan fingerprint density at radius 1 is 1.62 bits per heavy atom. The van der Waals surface area contributed by atoms with Crippen molar-refractivity contribution in [2.75, 3.05) is 0 Å². The second-order valence-corrected chi connectivity index (χ2v) is 2.14. The molecule has 1 rings (SSSR count). The Hall–Kier alpha value is -0.570. The molecule has 41 valence electrons. The van der Waals surface area contributed by atoms with Crippen LogP contribution in [0.4, 0.5) is 0 Å². The minimum atomic E-state index is -0.215. The van der Waals surface area contributed by atoms with E-state index in [2.05, 4.69) is 20.9 Å². The highest BCUT2D eigenvalue weighted by atomic mass is 79.9. The molecule has 0 atom stereocenters. The number of hydrogen-bond donors (Lipinski definition) is 0. The molecular formula is C5H3BrNO. The molecule has 0 spiro atoms. The largest absolute Gasteiger partial charge is 0.283 e. The van der Waals surface area contributed by atoms with Crippen molar-refractivity contribution in [2.24, 2.45) is 0 Å². The summed E-state index contributed by atoms with van der Waals surface area (Å²) in [5.41, 5.74) is 0. The maximum Gasteiger partial charge on any atom is 0.283 e. The van der Waals surface area contributed by atoms with Crippen LogP contribution in [0, 0.1) is 0 Å². The Morgan fingerprint density at radius 2 is 2.38 bits per heavy atom. The lowest BCUT2D eigenvalue weighted by Gasteiger charge is -1.85. The third-order valence-electron chi connectivity index (χ3n) is 0.725. The lowest BCUT2D eigenvalue weighted by Crippen LogP contribution is -1.69. The Balaban J connectivity index is 3.13. The van der Waals surface area contributed by atoms with Crippen LogP contribution in [0.3, 0.4) is 0 Å². The molecule has 0 amide bonds. The van der Waals surface area contributed by atoms with E-state index in [1.165, 1.54) is 6.20 Å². The maximum atomic E-state index is 10.5. The molecule has 0 aliphatic heterocycles. The van der Waals surface area contributed by atoms with Gasteiger partial charge in [0.15, 0.2) is 0 Å². The summed E-state index contributed by atoms with van der Waals surface area (Å²) < 4.78 is 0.514. The monoisotopic (exact) mass is 172 g/mol. The van der Waals surface area contributed by atoms with E-state index in [1.54, 1.807) is 12.1 Å². The molecule has 0 unspecified atom stereocenters. The SMILES string of the molecule is [O]c1ncccc1Br. The van der Waals surface area contributed by atoms with E-state index in [0.29, 0.717) is 4.47 Å². The van der Waals surface area contributed by atoms with E-state index in [1.807, 2.05) is 0 Å². The predicted molar refractivity (Wildman–Crippen MR) is 32.1 cm³/mol. The van der Waals surface area contributed by atoms with E-state index in [4.69, 9.17) is 0 Å². The molecule has 0 aliphatic carbocycles. The van der Waals surface area contributed by atoms with Crippen molar-refractivity contribution in [1.29, 1.82) is 0 Å². The number of nitrogens with zero attached hydrogens (tertiary/aromatic N) is 1. The lowest BCUT2D eigenvalue weighted by atomic mass is 10.5. The molecule has 1 heterocycles. The lowest BCUT2D eigenvalue weighted by molar-refractivity contribution is 0.334. The summed E-state index contributed by atoms with van der Waals surface area (Å²) in [6.45, 7) is 0.